The molecule has 44 heavy (non-hydrogen) atoms. The summed E-state index contributed by atoms with van der Waals surface area (Å²) in [6.45, 7) is 4.87. The molecule has 9 fully saturated rings. The van der Waals surface area contributed by atoms with Crippen LogP contribution in [0.4, 0.5) is 0 Å². The number of nitrogens with one attached hydrogen (secondary N) is 4. The molecule has 6 heteroatoms. The molecule has 4 saturated heterocycles. The van der Waals surface area contributed by atoms with Crippen LogP contribution in [0.25, 0.3) is 0 Å². The molecule has 0 amide bonds. The van der Waals surface area contributed by atoms with Gasteiger partial charge >= 0.3 is 0 Å². The van der Waals surface area contributed by atoms with E-state index in [-0.39, 0.29) is 0 Å². The number of rotatable bonds is 4. The molecule has 9 rings (SSSR count). The van der Waals surface area contributed by atoms with Crippen LogP contribution < -0.4 is 21.3 Å². The van der Waals surface area contributed by atoms with Crippen molar-refractivity contribution in [3.05, 3.63) is 0 Å². The van der Waals surface area contributed by atoms with Crippen LogP contribution in [0.5, 0.6) is 0 Å². The van der Waals surface area contributed by atoms with Gasteiger partial charge in [0.2, 0.25) is 0 Å². The Morgan fingerprint density at radius 2 is 0.932 bits per heavy atom. The third-order valence-electron chi connectivity index (χ3n) is 15.5. The molecule has 12 unspecified atom stereocenters. The smallest absolute Gasteiger partial charge is 0.0601 e. The van der Waals surface area contributed by atoms with Crippen molar-refractivity contribution >= 4 is 0 Å². The lowest BCUT2D eigenvalue weighted by molar-refractivity contribution is -0.00957. The van der Waals surface area contributed by atoms with Crippen LogP contribution >= 0.6 is 0 Å². The van der Waals surface area contributed by atoms with Crippen molar-refractivity contribution in [2.24, 2.45) is 35.5 Å². The van der Waals surface area contributed by atoms with Crippen molar-refractivity contribution in [3.63, 3.8) is 0 Å². The van der Waals surface area contributed by atoms with Crippen LogP contribution in [0.2, 0.25) is 0 Å². The number of hydrogen-bond donors (Lipinski definition) is 4. The monoisotopic (exact) mass is 607 g/mol. The minimum Gasteiger partial charge on any atom is -0.302 e. The summed E-state index contributed by atoms with van der Waals surface area (Å²) < 4.78 is 0. The first-order valence-corrected chi connectivity index (χ1v) is 20.3. The molecule has 0 aromatic heterocycles. The summed E-state index contributed by atoms with van der Waals surface area (Å²) in [7, 11) is 0. The second-order valence-corrected chi connectivity index (χ2v) is 17.4. The van der Waals surface area contributed by atoms with Crippen LogP contribution in [0.1, 0.15) is 128 Å². The van der Waals surface area contributed by atoms with Crippen LogP contribution in [0.15, 0.2) is 0 Å². The van der Waals surface area contributed by atoms with Gasteiger partial charge in [0.1, 0.15) is 0 Å². The SMILES string of the molecule is C1CNC(C2CCCC(N3C4CCCCC4C4C3CCC3C5CCCCC5N(C5CCCC(C6NCCCN6)C5)C34)C2)NC1. The molecule has 4 heterocycles. The summed E-state index contributed by atoms with van der Waals surface area (Å²) in [5.41, 5.74) is 0. The van der Waals surface area contributed by atoms with Gasteiger partial charge in [-0.05, 0) is 152 Å². The van der Waals surface area contributed by atoms with E-state index >= 15 is 0 Å². The molecular weight excluding hydrogens is 540 g/mol. The minimum atomic E-state index is 0.572. The first kappa shape index (κ1) is 29.9. The fraction of sp³-hybridized carbons (Fsp3) is 1.00. The first-order valence-electron chi connectivity index (χ1n) is 20.3. The van der Waals surface area contributed by atoms with Gasteiger partial charge in [0.05, 0.1) is 12.3 Å². The van der Waals surface area contributed by atoms with Crippen LogP contribution in [0, 0.1) is 35.5 Å². The molecule has 0 radical (unpaired) electrons. The number of fused-ring (bicyclic) bond motifs is 7. The van der Waals surface area contributed by atoms with Gasteiger partial charge in [0, 0.05) is 36.3 Å². The van der Waals surface area contributed by atoms with E-state index < -0.39 is 0 Å². The first-order chi connectivity index (χ1) is 21.8. The van der Waals surface area contributed by atoms with Crippen molar-refractivity contribution in [3.8, 4) is 0 Å². The summed E-state index contributed by atoms with van der Waals surface area (Å²) >= 11 is 0. The second-order valence-electron chi connectivity index (χ2n) is 17.4. The molecule has 4 N–H and O–H groups in total. The molecular formula is C38H66N6. The highest BCUT2D eigenvalue weighted by atomic mass is 15.3. The molecule has 0 aromatic carbocycles. The zero-order chi connectivity index (χ0) is 29.0. The average molecular weight is 607 g/mol. The summed E-state index contributed by atoms with van der Waals surface area (Å²) in [5, 5.41) is 15.6. The van der Waals surface area contributed by atoms with Gasteiger partial charge in [-0.15, -0.1) is 0 Å². The normalized spacial score (nSPS) is 49.6. The highest BCUT2D eigenvalue weighted by Crippen LogP contribution is 2.60. The number of hydrogen-bond acceptors (Lipinski definition) is 6. The highest BCUT2D eigenvalue weighted by molar-refractivity contribution is 5.17. The van der Waals surface area contributed by atoms with Crippen LogP contribution in [0.3, 0.4) is 0 Å². The lowest BCUT2D eigenvalue weighted by Crippen LogP contribution is -2.59. The van der Waals surface area contributed by atoms with Crippen LogP contribution in [-0.2, 0) is 0 Å². The molecule has 4 aliphatic heterocycles. The topological polar surface area (TPSA) is 54.6 Å². The summed E-state index contributed by atoms with van der Waals surface area (Å²) in [6.07, 6.45) is 30.6. The maximum Gasteiger partial charge on any atom is 0.0601 e. The Hall–Kier alpha value is -0.240. The van der Waals surface area contributed by atoms with Crippen molar-refractivity contribution in [2.75, 3.05) is 26.2 Å². The molecule has 0 bridgehead atoms. The van der Waals surface area contributed by atoms with Gasteiger partial charge in [0.15, 0.2) is 0 Å². The van der Waals surface area contributed by atoms with Gasteiger partial charge < -0.3 is 21.3 Å². The number of likely N-dealkylation sites (tertiary alicyclic amines) is 2. The lowest BCUT2D eigenvalue weighted by atomic mass is 9.64. The number of nitrogens with zero attached hydrogens (tertiary/aromatic N) is 2. The molecule has 248 valence electrons. The van der Waals surface area contributed by atoms with Gasteiger partial charge in [-0.1, -0.05) is 38.5 Å². The fourth-order valence-corrected chi connectivity index (χ4v) is 14.1. The van der Waals surface area contributed by atoms with Crippen LogP contribution in [-0.4, -0.2) is 84.6 Å². The molecule has 9 aliphatic rings. The Balaban J connectivity index is 1.01. The quantitative estimate of drug-likeness (QED) is 0.342. The van der Waals surface area contributed by atoms with Gasteiger partial charge in [-0.2, -0.15) is 0 Å². The predicted octanol–water partition coefficient (Wildman–Crippen LogP) is 5.43. The van der Waals surface area contributed by atoms with E-state index in [1.807, 2.05) is 0 Å². The van der Waals surface area contributed by atoms with Crippen molar-refractivity contribution < 1.29 is 0 Å². The highest BCUT2D eigenvalue weighted by Gasteiger charge is 2.63. The molecule has 6 nitrogen and oxygen atoms in total. The summed E-state index contributed by atoms with van der Waals surface area (Å²) in [6, 6.07) is 5.27. The Bertz CT molecular complexity index is 963. The third-order valence-corrected chi connectivity index (χ3v) is 15.5. The van der Waals surface area contributed by atoms with Gasteiger partial charge in [-0.3, -0.25) is 9.80 Å². The summed E-state index contributed by atoms with van der Waals surface area (Å²) in [4.78, 5) is 6.70. The van der Waals surface area contributed by atoms with Crippen molar-refractivity contribution in [2.45, 2.75) is 177 Å². The van der Waals surface area contributed by atoms with E-state index in [0.717, 1.165) is 71.8 Å². The maximum absolute atomic E-state index is 3.91. The Morgan fingerprint density at radius 3 is 1.57 bits per heavy atom. The zero-order valence-electron chi connectivity index (χ0n) is 27.9. The second kappa shape index (κ2) is 13.0. The van der Waals surface area contributed by atoms with E-state index in [0.29, 0.717) is 12.3 Å². The van der Waals surface area contributed by atoms with Gasteiger partial charge in [-0.25, -0.2) is 0 Å². The van der Waals surface area contributed by atoms with E-state index in [9.17, 15) is 0 Å². The van der Waals surface area contributed by atoms with E-state index in [1.165, 1.54) is 135 Å². The zero-order valence-corrected chi connectivity index (χ0v) is 27.9. The molecule has 0 aromatic rings. The van der Waals surface area contributed by atoms with E-state index in [4.69, 9.17) is 0 Å². The van der Waals surface area contributed by atoms with Crippen molar-refractivity contribution in [1.29, 1.82) is 0 Å². The molecule has 0 spiro atoms. The summed E-state index contributed by atoms with van der Waals surface area (Å²) in [5.74, 6) is 5.63. The lowest BCUT2D eigenvalue weighted by Gasteiger charge is -2.50. The van der Waals surface area contributed by atoms with Gasteiger partial charge in [0.25, 0.3) is 0 Å². The molecule has 5 saturated carbocycles. The third kappa shape index (κ3) is 5.27. The van der Waals surface area contributed by atoms with E-state index in [2.05, 4.69) is 31.1 Å². The van der Waals surface area contributed by atoms with Crippen molar-refractivity contribution in [1.82, 2.24) is 31.1 Å². The maximum atomic E-state index is 3.91. The Kier molecular flexibility index (Phi) is 8.82. The predicted molar refractivity (Wildman–Crippen MR) is 179 cm³/mol. The minimum absolute atomic E-state index is 0.572. The fourth-order valence-electron chi connectivity index (χ4n) is 14.1. The molecule has 12 atom stereocenters. The molecule has 5 aliphatic carbocycles. The Morgan fingerprint density at radius 1 is 0.386 bits per heavy atom. The standard InChI is InChI=1S/C38H66N6/c1-3-15-32-29(13-1)30-17-18-34-35(36(30)44(32)28-12-6-10-26(24-28)38-41-21-8-22-42-38)31-14-2-4-16-33(31)43(34)27-11-5-9-25(23-27)37-39-19-7-20-40-37/h25-42H,1-24H2. The Labute approximate surface area is 269 Å². The largest absolute Gasteiger partial charge is 0.302 e. The van der Waals surface area contributed by atoms with E-state index in [1.54, 1.807) is 19.3 Å². The average Bonchev–Trinajstić information content (AvgIpc) is 3.62.